The summed E-state index contributed by atoms with van der Waals surface area (Å²) in [4.78, 5) is 81.0. The van der Waals surface area contributed by atoms with Crippen LogP contribution >= 0.6 is 0 Å². The molecule has 130 heavy (non-hydrogen) atoms. The number of Topliss-reactive ketones (excluding diaryl/α,β-unsaturated/α-hetero) is 5. The van der Waals surface area contributed by atoms with Crippen molar-refractivity contribution in [3.63, 3.8) is 0 Å². The van der Waals surface area contributed by atoms with E-state index in [0.717, 1.165) is 52.2 Å². The van der Waals surface area contributed by atoms with Crippen LogP contribution in [0.1, 0.15) is 149 Å². The molecule has 0 saturated carbocycles. The summed E-state index contributed by atoms with van der Waals surface area (Å²) < 4.78 is 152. The van der Waals surface area contributed by atoms with Crippen molar-refractivity contribution in [2.45, 2.75) is 160 Å². The number of benzene rings is 6. The summed E-state index contributed by atoms with van der Waals surface area (Å²) in [6.07, 6.45) is 16.1. The van der Waals surface area contributed by atoms with Crippen molar-refractivity contribution in [3.05, 3.63) is 388 Å². The van der Waals surface area contributed by atoms with E-state index in [1.54, 1.807) is 114 Å². The van der Waals surface area contributed by atoms with Crippen LogP contribution in [-0.4, -0.2) is 86.9 Å². The second-order valence-electron chi connectivity index (χ2n) is 30.8. The Balaban J connectivity index is 0.000000157. The van der Waals surface area contributed by atoms with E-state index in [0.29, 0.717) is 95.7 Å². The molecule has 15 rings (SSSR count). The summed E-state index contributed by atoms with van der Waals surface area (Å²) in [6.45, 7) is 6.98. The minimum absolute atomic E-state index is 0.0215. The third kappa shape index (κ3) is 31.7. The molecule has 25 nitrogen and oxygen atoms in total. The van der Waals surface area contributed by atoms with Gasteiger partial charge in [0.2, 0.25) is 65.8 Å². The van der Waals surface area contributed by atoms with Gasteiger partial charge in [0, 0.05) is 146 Å². The highest BCUT2D eigenvalue weighted by molar-refractivity contribution is 5.84. The van der Waals surface area contributed by atoms with Gasteiger partial charge in [-0.2, -0.15) is 13.2 Å². The Morgan fingerprint density at radius 3 is 0.992 bits per heavy atom. The molecule has 0 aliphatic heterocycles. The van der Waals surface area contributed by atoms with Gasteiger partial charge in [-0.25, -0.2) is 36.3 Å². The van der Waals surface area contributed by atoms with E-state index in [1.165, 1.54) is 62.6 Å². The highest BCUT2D eigenvalue weighted by Gasteiger charge is 2.32. The van der Waals surface area contributed by atoms with Gasteiger partial charge >= 0.3 is 6.18 Å². The average molecular weight is 1790 g/mol. The molecular weight excluding hydrogens is 1690 g/mol. The maximum Gasteiger partial charge on any atom is 0.416 e. The van der Waals surface area contributed by atoms with Crippen LogP contribution in [0.25, 0.3) is 0 Å². The van der Waals surface area contributed by atoms with Crippen molar-refractivity contribution < 1.29 is 110 Å². The lowest BCUT2D eigenvalue weighted by Gasteiger charge is -2.08. The van der Waals surface area contributed by atoms with Gasteiger partial charge in [0.25, 0.3) is 0 Å². The Morgan fingerprint density at radius 2 is 0.631 bits per heavy atom. The minimum atomic E-state index is -4.35. The van der Waals surface area contributed by atoms with Crippen LogP contribution in [0.3, 0.4) is 0 Å². The van der Waals surface area contributed by atoms with E-state index in [2.05, 4.69) is 51.3 Å². The number of hydrogen-bond acceptors (Lipinski definition) is 20. The molecule has 0 radical (unpaired) electrons. The quantitative estimate of drug-likeness (QED) is 0.0260. The summed E-state index contributed by atoms with van der Waals surface area (Å²) in [5.41, 5.74) is 5.99. The van der Waals surface area contributed by atoms with E-state index >= 15 is 0 Å². The lowest BCUT2D eigenvalue weighted by molar-refractivity contribution is -0.785. The summed E-state index contributed by atoms with van der Waals surface area (Å²) in [5.74, 6) is -0.105. The van der Waals surface area contributed by atoms with Crippen molar-refractivity contribution in [3.8, 4) is 0 Å². The highest BCUT2D eigenvalue weighted by atomic mass is 19.4. The predicted octanol–water partition coefficient (Wildman–Crippen LogP) is 14.2. The summed E-state index contributed by atoms with van der Waals surface area (Å²) in [6, 6.07) is 54.6. The first-order chi connectivity index (χ1) is 62.7. The fourth-order valence-corrected chi connectivity index (χ4v) is 13.3. The van der Waals surface area contributed by atoms with Crippen LogP contribution in [0, 0.1) is 29.1 Å². The van der Waals surface area contributed by atoms with E-state index in [9.17, 15) is 63.5 Å². The Morgan fingerprint density at radius 1 is 0.315 bits per heavy atom. The van der Waals surface area contributed by atoms with Crippen molar-refractivity contribution in [1.82, 2.24) is 51.3 Å². The molecule has 34 heteroatoms. The molecule has 0 aliphatic rings. The smallest absolute Gasteiger partial charge is 0.305 e. The second-order valence-corrected chi connectivity index (χ2v) is 30.8. The summed E-state index contributed by atoms with van der Waals surface area (Å²) in [7, 11) is 0. The Kier molecular flexibility index (Phi) is 35.6. The standard InChI is InChI=1S/C20H20FN2O2.C19H18F3N4O2.2C19H18F2N3O2.C19H19FN3O2/c21-14-18(11-16-7-3-1-4-8-16)23-15-20(25-22-23)13-19(24)12-17-9-5-2-6-10-17;1-13(9-14-3-5-15(6-4-14)19(20,21)22)26-12-17(28-25-26)10-16(27)11-18-23-7-2-8-24-18;2*1-13(8-14-5-6-15(20)9-19(14)21)24-12-18(26-23-24)11-17(25)10-16-4-2-3-7-22-16;1-14(10-15-5-7-16(20)8-6-15)23-13-19(25-22-23)12-18(24)11-17-4-2-3-9-21-17/h1-10,15,18H,11-14H2;2-8,12-13H,9-11H2,1H3;2*2-7,9,12-13H,8,10-11H2,1H3;2-9,13-14H,10-12H2,1H3/q5*+1. The number of ketones is 5. The molecule has 0 saturated heterocycles. The Hall–Kier alpha value is -14.7. The van der Waals surface area contributed by atoms with E-state index in [4.69, 9.17) is 22.6 Å². The van der Waals surface area contributed by atoms with Gasteiger partial charge in [0.15, 0.2) is 57.2 Å². The molecule has 0 aliphatic carbocycles. The van der Waals surface area contributed by atoms with Crippen molar-refractivity contribution in [2.75, 3.05) is 6.67 Å². The zero-order chi connectivity index (χ0) is 92.3. The summed E-state index contributed by atoms with van der Waals surface area (Å²) >= 11 is 0. The number of rotatable bonds is 36. The molecule has 0 bridgehead atoms. The largest absolute Gasteiger partial charge is 0.416 e. The van der Waals surface area contributed by atoms with Gasteiger partial charge in [-0.15, -0.1) is 0 Å². The molecule has 9 heterocycles. The normalized spacial score (nSPS) is 12.2. The number of carbonyl (C=O) groups is 5. The fourth-order valence-electron chi connectivity index (χ4n) is 13.3. The maximum absolute atomic E-state index is 13.8. The van der Waals surface area contributed by atoms with Gasteiger partial charge in [-0.05, 0) is 136 Å². The number of halogens is 9. The van der Waals surface area contributed by atoms with Gasteiger partial charge in [0.05, 0.1) is 44.1 Å². The van der Waals surface area contributed by atoms with Gasteiger partial charge < -0.3 is 22.6 Å². The predicted molar refractivity (Wildman–Crippen MR) is 446 cm³/mol. The highest BCUT2D eigenvalue weighted by Crippen LogP contribution is 2.30. The molecule has 0 N–H and O–H groups in total. The van der Waals surface area contributed by atoms with Crippen molar-refractivity contribution >= 4 is 28.9 Å². The molecule has 5 unspecified atom stereocenters. The van der Waals surface area contributed by atoms with Crippen LogP contribution < -0.4 is 23.4 Å². The number of pyridine rings is 3. The van der Waals surface area contributed by atoms with Gasteiger partial charge in [-0.3, -0.25) is 38.9 Å². The van der Waals surface area contributed by atoms with Crippen molar-refractivity contribution in [1.29, 1.82) is 0 Å². The Labute approximate surface area is 741 Å². The second kappa shape index (κ2) is 48.3. The topological polar surface area (TPSA) is 299 Å². The van der Waals surface area contributed by atoms with Crippen LogP contribution in [0.5, 0.6) is 0 Å². The fraction of sp³-hybridized carbons (Fsp3) is 0.271. The van der Waals surface area contributed by atoms with E-state index in [-0.39, 0.29) is 117 Å². The van der Waals surface area contributed by atoms with E-state index in [1.807, 2.05) is 119 Å². The third-order valence-corrected chi connectivity index (χ3v) is 20.0. The van der Waals surface area contributed by atoms with Crippen LogP contribution in [0.4, 0.5) is 39.5 Å². The summed E-state index contributed by atoms with van der Waals surface area (Å²) in [5, 5.41) is 19.6. The number of aromatic nitrogens is 15. The van der Waals surface area contributed by atoms with Crippen LogP contribution in [-0.2, 0) is 126 Å². The molecule has 15 aromatic rings. The zero-order valence-corrected chi connectivity index (χ0v) is 71.3. The van der Waals surface area contributed by atoms with Gasteiger partial charge in [0.1, 0.15) is 63.8 Å². The van der Waals surface area contributed by atoms with Crippen molar-refractivity contribution in [2.24, 2.45) is 0 Å². The SMILES string of the molecule is CC(Cc1ccc(C(F)(F)F)cc1)[n+]1cc(CC(=O)Cc2ncccn2)on1.CC(Cc1ccc(F)cc1)[n+]1cc(CC(=O)Cc2ccccn2)on1.CC(Cc1ccc(F)cc1F)[n+]1cc(CC(=O)Cc2ccccn2)on1.CC(Cc1ccc(F)cc1F)[n+]1cc(CC(=O)Cc2ccccn2)on1.O=C(Cc1ccccc1)Cc1c[n+](C(CF)Cc2ccccc2)no1. The minimum Gasteiger partial charge on any atom is -0.305 e. The molecule has 6 aromatic carbocycles. The lowest BCUT2D eigenvalue weighted by Crippen LogP contribution is -2.43. The van der Waals surface area contributed by atoms with E-state index < -0.39 is 47.7 Å². The average Bonchev–Trinajstić information content (AvgIpc) is 1.54. The number of carbonyl (C=O) groups excluding carboxylic acids is 5. The number of alkyl halides is 4. The maximum atomic E-state index is 13.8. The molecular formula is C96H93F9N15O10+5. The van der Waals surface area contributed by atoms with Crippen LogP contribution in [0.2, 0.25) is 0 Å². The number of hydrogen-bond donors (Lipinski definition) is 0. The third-order valence-electron chi connectivity index (χ3n) is 20.0. The number of nitrogens with zero attached hydrogens (tertiary/aromatic N) is 15. The van der Waals surface area contributed by atoms with Gasteiger partial charge in [-0.1, -0.05) is 115 Å². The monoisotopic (exact) mass is 1790 g/mol. The zero-order valence-electron chi connectivity index (χ0n) is 71.3. The molecule has 0 spiro atoms. The first-order valence-electron chi connectivity index (χ1n) is 41.5. The first-order valence-corrected chi connectivity index (χ1v) is 41.5. The molecule has 670 valence electrons. The van der Waals surface area contributed by atoms with Crippen LogP contribution in [0.15, 0.2) is 291 Å². The molecule has 9 aromatic heterocycles. The molecule has 5 atom stereocenters. The first kappa shape index (κ1) is 95.9. The molecule has 0 amide bonds. The Bertz CT molecular complexity index is 5910. The molecule has 0 fully saturated rings. The lowest BCUT2D eigenvalue weighted by atomic mass is 10.1.